The van der Waals surface area contributed by atoms with E-state index < -0.39 is 12.0 Å². The van der Waals surface area contributed by atoms with E-state index in [1.54, 1.807) is 23.3 Å². The van der Waals surface area contributed by atoms with Crippen LogP contribution in [-0.2, 0) is 9.53 Å². The summed E-state index contributed by atoms with van der Waals surface area (Å²) in [5, 5.41) is 4.38. The smallest absolute Gasteiger partial charge is 0.338 e. The minimum absolute atomic E-state index is 0.177. The lowest BCUT2D eigenvalue weighted by Crippen LogP contribution is -2.39. The summed E-state index contributed by atoms with van der Waals surface area (Å²) < 4.78 is 7.64. The van der Waals surface area contributed by atoms with E-state index in [1.807, 2.05) is 67.8 Å². The monoisotopic (exact) mass is 550 g/mol. The highest BCUT2D eigenvalue weighted by Crippen LogP contribution is 2.32. The minimum atomic E-state index is -0.623. The number of hydrogen-bond donors (Lipinski definition) is 0. The number of ether oxygens (including phenoxy) is 1. The summed E-state index contributed by atoms with van der Waals surface area (Å²) in [6, 6.07) is 26.0. The Morgan fingerprint density at radius 2 is 1.67 bits per heavy atom. The molecule has 0 radical (unpaired) electrons. The molecule has 0 N–H and O–H groups in total. The van der Waals surface area contributed by atoms with Gasteiger partial charge in [-0.05, 0) is 77.1 Å². The van der Waals surface area contributed by atoms with Crippen LogP contribution < -0.4 is 14.9 Å². The molecule has 0 spiro atoms. The lowest BCUT2D eigenvalue weighted by Gasteiger charge is -2.24. The van der Waals surface area contributed by atoms with Crippen molar-refractivity contribution in [2.45, 2.75) is 24.8 Å². The van der Waals surface area contributed by atoms with Gasteiger partial charge >= 0.3 is 5.97 Å². The van der Waals surface area contributed by atoms with Crippen molar-refractivity contribution in [1.82, 2.24) is 4.57 Å². The van der Waals surface area contributed by atoms with Crippen LogP contribution >= 0.6 is 23.1 Å². The lowest BCUT2D eigenvalue weighted by atomic mass is 9.96. The van der Waals surface area contributed by atoms with Gasteiger partial charge in [0.25, 0.3) is 5.56 Å². The second-order valence-corrected chi connectivity index (χ2v) is 11.2. The van der Waals surface area contributed by atoms with Crippen molar-refractivity contribution in [2.75, 3.05) is 12.9 Å². The van der Waals surface area contributed by atoms with E-state index in [2.05, 4.69) is 30.3 Å². The van der Waals surface area contributed by atoms with Crippen molar-refractivity contribution in [3.8, 4) is 0 Å². The number of aromatic nitrogens is 1. The molecular formula is C32H26N2O3S2. The van der Waals surface area contributed by atoms with Crippen LogP contribution in [0.15, 0.2) is 105 Å². The number of nitrogens with zero attached hydrogens (tertiary/aromatic N) is 2. The minimum Gasteiger partial charge on any atom is -0.463 e. The van der Waals surface area contributed by atoms with E-state index in [4.69, 9.17) is 9.73 Å². The number of esters is 1. The van der Waals surface area contributed by atoms with E-state index in [-0.39, 0.29) is 12.2 Å². The SMILES string of the molecule is CCOC(=O)C1=C(C)N=c2s/c(=C\c3c4ccccc4cc4ccccc34)c(=O)n2[C@@H]1c1ccc(SC)cc1. The first-order valence-corrected chi connectivity index (χ1v) is 14.8. The summed E-state index contributed by atoms with van der Waals surface area (Å²) in [4.78, 5) is 33.7. The van der Waals surface area contributed by atoms with Gasteiger partial charge in [0.15, 0.2) is 4.80 Å². The summed E-state index contributed by atoms with van der Waals surface area (Å²) in [7, 11) is 0. The average molecular weight is 551 g/mol. The van der Waals surface area contributed by atoms with Gasteiger partial charge in [0.05, 0.1) is 28.5 Å². The van der Waals surface area contributed by atoms with Crippen molar-refractivity contribution < 1.29 is 9.53 Å². The fourth-order valence-electron chi connectivity index (χ4n) is 5.23. The molecule has 0 aliphatic carbocycles. The molecule has 5 aromatic rings. The van der Waals surface area contributed by atoms with Gasteiger partial charge in [-0.1, -0.05) is 72.0 Å². The third kappa shape index (κ3) is 4.41. The molecule has 0 bridgehead atoms. The van der Waals surface area contributed by atoms with Crippen LogP contribution in [0.5, 0.6) is 0 Å². The van der Waals surface area contributed by atoms with Gasteiger partial charge in [0, 0.05) is 4.90 Å². The van der Waals surface area contributed by atoms with Crippen LogP contribution in [0, 0.1) is 0 Å². The van der Waals surface area contributed by atoms with Crippen molar-refractivity contribution >= 4 is 56.7 Å². The van der Waals surface area contributed by atoms with Crippen LogP contribution in [0.4, 0.5) is 0 Å². The highest BCUT2D eigenvalue weighted by Gasteiger charge is 2.33. The molecule has 0 unspecified atom stereocenters. The average Bonchev–Trinajstić information content (AvgIpc) is 3.26. The fourth-order valence-corrected chi connectivity index (χ4v) is 6.67. The van der Waals surface area contributed by atoms with Crippen LogP contribution in [0.1, 0.15) is 31.0 Å². The van der Waals surface area contributed by atoms with Crippen molar-refractivity contribution in [2.24, 2.45) is 4.99 Å². The molecule has 0 saturated heterocycles. The summed E-state index contributed by atoms with van der Waals surface area (Å²) in [5.41, 5.74) is 2.62. The van der Waals surface area contributed by atoms with Gasteiger partial charge in [0.2, 0.25) is 0 Å². The molecule has 6 rings (SSSR count). The Hall–Kier alpha value is -3.94. The van der Waals surface area contributed by atoms with E-state index in [0.29, 0.717) is 20.6 Å². The first kappa shape index (κ1) is 25.3. The molecule has 7 heteroatoms. The Labute approximate surface area is 233 Å². The molecule has 5 nitrogen and oxygen atoms in total. The van der Waals surface area contributed by atoms with Gasteiger partial charge < -0.3 is 4.74 Å². The van der Waals surface area contributed by atoms with Crippen molar-refractivity contribution in [3.63, 3.8) is 0 Å². The summed E-state index contributed by atoms with van der Waals surface area (Å²) in [6.07, 6.45) is 3.99. The zero-order chi connectivity index (χ0) is 27.1. The first-order chi connectivity index (χ1) is 19.0. The van der Waals surface area contributed by atoms with Crippen molar-refractivity contribution in [3.05, 3.63) is 121 Å². The van der Waals surface area contributed by atoms with E-state index in [9.17, 15) is 9.59 Å². The summed E-state index contributed by atoms with van der Waals surface area (Å²) in [5.74, 6) is -0.452. The van der Waals surface area contributed by atoms with Gasteiger partial charge in [0.1, 0.15) is 0 Å². The fraction of sp³-hybridized carbons (Fsp3) is 0.156. The molecule has 1 atom stereocenters. The topological polar surface area (TPSA) is 60.7 Å². The van der Waals surface area contributed by atoms with Crippen molar-refractivity contribution in [1.29, 1.82) is 0 Å². The number of benzene rings is 4. The first-order valence-electron chi connectivity index (χ1n) is 12.7. The van der Waals surface area contributed by atoms with Crippen LogP contribution in [-0.4, -0.2) is 23.4 Å². The largest absolute Gasteiger partial charge is 0.463 e. The molecule has 1 aliphatic heterocycles. The van der Waals surface area contributed by atoms with Gasteiger partial charge in [-0.3, -0.25) is 9.36 Å². The highest BCUT2D eigenvalue weighted by molar-refractivity contribution is 7.98. The number of allylic oxidation sites excluding steroid dienone is 1. The summed E-state index contributed by atoms with van der Waals surface area (Å²) in [6.45, 7) is 3.83. The third-order valence-corrected chi connectivity index (χ3v) is 8.76. The standard InChI is InChI=1S/C32H26N2O3S2/c1-4-37-31(36)28-19(2)33-32-34(29(28)20-13-15-23(38-3)16-14-20)30(35)27(39-32)18-26-24-11-7-5-9-21(24)17-22-10-6-8-12-25(22)26/h5-18,29H,4H2,1-3H3/b27-18-/t29-/m1/s1. The highest BCUT2D eigenvalue weighted by atomic mass is 32.2. The number of carbonyl (C=O) groups is 1. The molecule has 39 heavy (non-hydrogen) atoms. The van der Waals surface area contributed by atoms with Gasteiger partial charge in [-0.25, -0.2) is 9.79 Å². The Morgan fingerprint density at radius 3 is 2.28 bits per heavy atom. The second-order valence-electron chi connectivity index (χ2n) is 9.31. The van der Waals surface area contributed by atoms with Crippen LogP contribution in [0.2, 0.25) is 0 Å². The second kappa shape index (κ2) is 10.3. The van der Waals surface area contributed by atoms with Crippen LogP contribution in [0.3, 0.4) is 0 Å². The maximum Gasteiger partial charge on any atom is 0.338 e. The number of thiazole rings is 1. The molecule has 0 fully saturated rings. The predicted octanol–water partition coefficient (Wildman–Crippen LogP) is 5.83. The molecule has 194 valence electrons. The molecule has 2 heterocycles. The number of carbonyl (C=O) groups excluding carboxylic acids is 1. The quantitative estimate of drug-likeness (QED) is 0.157. The van der Waals surface area contributed by atoms with E-state index in [0.717, 1.165) is 37.6 Å². The molecule has 1 aromatic heterocycles. The van der Waals surface area contributed by atoms with Crippen LogP contribution in [0.25, 0.3) is 27.6 Å². The van der Waals surface area contributed by atoms with Gasteiger partial charge in [-0.15, -0.1) is 11.8 Å². The Kier molecular flexibility index (Phi) is 6.71. The van der Waals surface area contributed by atoms with E-state index >= 15 is 0 Å². The molecule has 0 saturated carbocycles. The van der Waals surface area contributed by atoms with E-state index in [1.165, 1.54) is 11.3 Å². The molecule has 1 aliphatic rings. The number of thioether (sulfide) groups is 1. The summed E-state index contributed by atoms with van der Waals surface area (Å²) >= 11 is 2.99. The Morgan fingerprint density at radius 1 is 1.03 bits per heavy atom. The number of rotatable bonds is 5. The molecular weight excluding hydrogens is 524 g/mol. The number of fused-ring (bicyclic) bond motifs is 3. The molecule has 0 amide bonds. The maximum absolute atomic E-state index is 14.1. The molecule has 4 aromatic carbocycles. The zero-order valence-corrected chi connectivity index (χ0v) is 23.4. The normalized spacial score (nSPS) is 15.5. The lowest BCUT2D eigenvalue weighted by molar-refractivity contribution is -0.139. The zero-order valence-electron chi connectivity index (χ0n) is 21.8. The Balaban J connectivity index is 1.63. The van der Waals surface area contributed by atoms with Gasteiger partial charge in [-0.2, -0.15) is 0 Å². The number of hydrogen-bond acceptors (Lipinski definition) is 6. The predicted molar refractivity (Wildman–Crippen MR) is 160 cm³/mol. The maximum atomic E-state index is 14.1. The Bertz CT molecular complexity index is 1910. The third-order valence-electron chi connectivity index (χ3n) is 7.04.